The van der Waals surface area contributed by atoms with Gasteiger partial charge in [-0.1, -0.05) is 28.1 Å². The molecule has 0 aromatic heterocycles. The van der Waals surface area contributed by atoms with Crippen LogP contribution in [0, 0.1) is 0 Å². The molecule has 1 fully saturated rings. The quantitative estimate of drug-likeness (QED) is 0.796. The number of hydrogen-bond donors (Lipinski definition) is 1. The van der Waals surface area contributed by atoms with Crippen molar-refractivity contribution >= 4 is 28.3 Å². The Balaban J connectivity index is 0.000000963. The summed E-state index contributed by atoms with van der Waals surface area (Å²) >= 11 is 3.60. The number of ether oxygens (including phenoxy) is 1. The van der Waals surface area contributed by atoms with Gasteiger partial charge in [0.2, 0.25) is 0 Å². The zero-order valence-corrected chi connectivity index (χ0v) is 11.5. The second-order valence-electron chi connectivity index (χ2n) is 4.59. The molecule has 2 atom stereocenters. The smallest absolute Gasteiger partial charge is 0.0863 e. The van der Waals surface area contributed by atoms with Crippen molar-refractivity contribution < 1.29 is 4.74 Å². The Hall–Kier alpha value is -0.0900. The zero-order chi connectivity index (χ0) is 10.5. The maximum atomic E-state index is 6.00. The van der Waals surface area contributed by atoms with Crippen molar-refractivity contribution in [1.29, 1.82) is 0 Å². The number of rotatable bonds is 0. The fourth-order valence-electron chi connectivity index (χ4n) is 2.69. The van der Waals surface area contributed by atoms with Gasteiger partial charge in [-0.05, 0) is 24.1 Å². The van der Waals surface area contributed by atoms with E-state index in [0.29, 0.717) is 5.92 Å². The van der Waals surface area contributed by atoms with Gasteiger partial charge in [-0.2, -0.15) is 0 Å². The van der Waals surface area contributed by atoms with Gasteiger partial charge in [0.15, 0.2) is 0 Å². The SMILES string of the molecule is C[C@]12CNC[C@@H]1c1cccc(Br)c1CO2.Cl. The molecule has 1 saturated heterocycles. The standard InChI is InChI=1S/C12H14BrNO.ClH/c1-12-7-14-5-10(12)8-3-2-4-11(13)9(8)6-15-12;/h2-4,10,14H,5-7H2,1H3;1H/t10-,12+;/m1./s1. The van der Waals surface area contributed by atoms with Gasteiger partial charge in [0.25, 0.3) is 0 Å². The average Bonchev–Trinajstić information content (AvgIpc) is 2.60. The van der Waals surface area contributed by atoms with Gasteiger partial charge in [0.05, 0.1) is 12.2 Å². The van der Waals surface area contributed by atoms with Crippen molar-refractivity contribution in [3.63, 3.8) is 0 Å². The third kappa shape index (κ3) is 1.70. The van der Waals surface area contributed by atoms with Crippen LogP contribution in [0.15, 0.2) is 22.7 Å². The van der Waals surface area contributed by atoms with Crippen molar-refractivity contribution in [2.24, 2.45) is 0 Å². The molecular formula is C12H15BrClNO. The summed E-state index contributed by atoms with van der Waals surface area (Å²) in [5.41, 5.74) is 2.76. The Labute approximate surface area is 110 Å². The molecule has 2 nitrogen and oxygen atoms in total. The van der Waals surface area contributed by atoms with Gasteiger partial charge in [0.1, 0.15) is 0 Å². The second-order valence-corrected chi connectivity index (χ2v) is 5.45. The van der Waals surface area contributed by atoms with Crippen LogP contribution in [-0.2, 0) is 11.3 Å². The summed E-state index contributed by atoms with van der Waals surface area (Å²) in [5, 5.41) is 3.42. The van der Waals surface area contributed by atoms with Crippen molar-refractivity contribution in [1.82, 2.24) is 5.32 Å². The lowest BCUT2D eigenvalue weighted by Crippen LogP contribution is -2.39. The summed E-state index contributed by atoms with van der Waals surface area (Å²) in [5.74, 6) is 0.499. The molecule has 0 unspecified atom stereocenters. The maximum Gasteiger partial charge on any atom is 0.0863 e. The lowest BCUT2D eigenvalue weighted by atomic mass is 9.82. The van der Waals surface area contributed by atoms with E-state index in [-0.39, 0.29) is 18.0 Å². The van der Waals surface area contributed by atoms with E-state index in [1.165, 1.54) is 15.6 Å². The topological polar surface area (TPSA) is 21.3 Å². The van der Waals surface area contributed by atoms with Crippen LogP contribution in [-0.4, -0.2) is 18.7 Å². The number of hydrogen-bond acceptors (Lipinski definition) is 2. The van der Waals surface area contributed by atoms with Crippen LogP contribution in [0.1, 0.15) is 24.0 Å². The molecule has 2 aliphatic rings. The van der Waals surface area contributed by atoms with Gasteiger partial charge < -0.3 is 10.1 Å². The minimum atomic E-state index is -0.00616. The number of fused-ring (bicyclic) bond motifs is 3. The third-order valence-corrected chi connectivity index (χ3v) is 4.38. The van der Waals surface area contributed by atoms with Crippen LogP contribution >= 0.6 is 28.3 Å². The molecule has 88 valence electrons. The Morgan fingerprint density at radius 2 is 2.31 bits per heavy atom. The van der Waals surface area contributed by atoms with Gasteiger partial charge in [0, 0.05) is 23.5 Å². The number of halogens is 2. The summed E-state index contributed by atoms with van der Waals surface area (Å²) in [7, 11) is 0. The third-order valence-electron chi connectivity index (χ3n) is 3.64. The molecule has 0 spiro atoms. The molecule has 0 aliphatic carbocycles. The minimum absolute atomic E-state index is 0. The lowest BCUT2D eigenvalue weighted by Gasteiger charge is -2.37. The predicted octanol–water partition coefficient (Wildman–Crippen LogP) is 2.85. The average molecular weight is 305 g/mol. The highest BCUT2D eigenvalue weighted by molar-refractivity contribution is 9.10. The van der Waals surface area contributed by atoms with E-state index in [9.17, 15) is 0 Å². The van der Waals surface area contributed by atoms with Crippen LogP contribution in [0.5, 0.6) is 0 Å². The second kappa shape index (κ2) is 4.30. The molecule has 0 bridgehead atoms. The van der Waals surface area contributed by atoms with E-state index in [1.807, 2.05) is 0 Å². The molecule has 1 N–H and O–H groups in total. The first kappa shape index (κ1) is 12.4. The summed E-state index contributed by atoms with van der Waals surface area (Å²) < 4.78 is 7.18. The van der Waals surface area contributed by atoms with Crippen molar-refractivity contribution in [3.8, 4) is 0 Å². The summed E-state index contributed by atoms with van der Waals surface area (Å²) in [6.07, 6.45) is 0. The highest BCUT2D eigenvalue weighted by Crippen LogP contribution is 2.42. The van der Waals surface area contributed by atoms with E-state index >= 15 is 0 Å². The van der Waals surface area contributed by atoms with Gasteiger partial charge >= 0.3 is 0 Å². The Bertz CT molecular complexity index is 412. The molecule has 16 heavy (non-hydrogen) atoms. The Kier molecular flexibility index (Phi) is 3.32. The van der Waals surface area contributed by atoms with E-state index in [2.05, 4.69) is 46.4 Å². The fraction of sp³-hybridized carbons (Fsp3) is 0.500. The van der Waals surface area contributed by atoms with E-state index in [1.54, 1.807) is 0 Å². The van der Waals surface area contributed by atoms with Crippen molar-refractivity contribution in [2.75, 3.05) is 13.1 Å². The zero-order valence-electron chi connectivity index (χ0n) is 9.13. The van der Waals surface area contributed by atoms with Crippen LogP contribution in [0.4, 0.5) is 0 Å². The van der Waals surface area contributed by atoms with Gasteiger partial charge in [-0.15, -0.1) is 12.4 Å². The monoisotopic (exact) mass is 303 g/mol. The van der Waals surface area contributed by atoms with E-state index < -0.39 is 0 Å². The molecule has 1 aromatic rings. The molecule has 0 amide bonds. The molecular weight excluding hydrogens is 289 g/mol. The van der Waals surface area contributed by atoms with Crippen LogP contribution in [0.25, 0.3) is 0 Å². The van der Waals surface area contributed by atoms with E-state index in [0.717, 1.165) is 19.7 Å². The highest BCUT2D eigenvalue weighted by atomic mass is 79.9. The molecule has 2 aliphatic heterocycles. The molecule has 3 rings (SSSR count). The largest absolute Gasteiger partial charge is 0.369 e. The number of nitrogens with one attached hydrogen (secondary N) is 1. The normalized spacial score (nSPS) is 31.5. The summed E-state index contributed by atoms with van der Waals surface area (Å²) in [6.45, 7) is 4.93. The first-order valence-electron chi connectivity index (χ1n) is 5.33. The van der Waals surface area contributed by atoms with Gasteiger partial charge in [-0.25, -0.2) is 0 Å². The first-order valence-corrected chi connectivity index (χ1v) is 6.12. The molecule has 2 heterocycles. The highest BCUT2D eigenvalue weighted by Gasteiger charge is 2.44. The molecule has 1 aromatic carbocycles. The van der Waals surface area contributed by atoms with Crippen molar-refractivity contribution in [2.45, 2.75) is 25.0 Å². The van der Waals surface area contributed by atoms with E-state index in [4.69, 9.17) is 4.74 Å². The first-order chi connectivity index (χ1) is 7.21. The van der Waals surface area contributed by atoms with Crippen LogP contribution < -0.4 is 5.32 Å². The lowest BCUT2D eigenvalue weighted by molar-refractivity contribution is -0.0520. The van der Waals surface area contributed by atoms with Crippen LogP contribution in [0.3, 0.4) is 0 Å². The molecule has 0 radical (unpaired) electrons. The fourth-order valence-corrected chi connectivity index (χ4v) is 3.18. The van der Waals surface area contributed by atoms with Crippen molar-refractivity contribution in [3.05, 3.63) is 33.8 Å². The summed E-state index contributed by atoms with van der Waals surface area (Å²) in [6, 6.07) is 6.44. The summed E-state index contributed by atoms with van der Waals surface area (Å²) in [4.78, 5) is 0. The molecule has 0 saturated carbocycles. The predicted molar refractivity (Wildman–Crippen MR) is 70.2 cm³/mol. The molecule has 4 heteroatoms. The van der Waals surface area contributed by atoms with Gasteiger partial charge in [-0.3, -0.25) is 0 Å². The van der Waals surface area contributed by atoms with Crippen LogP contribution in [0.2, 0.25) is 0 Å². The maximum absolute atomic E-state index is 6.00. The Morgan fingerprint density at radius 3 is 3.12 bits per heavy atom. The minimum Gasteiger partial charge on any atom is -0.369 e. The Morgan fingerprint density at radius 1 is 1.50 bits per heavy atom. The number of benzene rings is 1.